The molecule has 0 bridgehead atoms. The van der Waals surface area contributed by atoms with Crippen LogP contribution < -0.4 is 16.0 Å². The molecule has 3 fully saturated rings. The van der Waals surface area contributed by atoms with Crippen LogP contribution in [0, 0.1) is 18.8 Å². The number of rotatable bonds is 7. The second-order valence-corrected chi connectivity index (χ2v) is 17.8. The molecule has 3 saturated heterocycles. The van der Waals surface area contributed by atoms with Crippen LogP contribution in [-0.4, -0.2) is 128 Å². The number of pyridine rings is 1. The molecule has 3 aromatic rings. The smallest absolute Gasteiger partial charge is 0.333 e. The summed E-state index contributed by atoms with van der Waals surface area (Å²) in [5, 5.41) is 18.5. The monoisotopic (exact) mass is 893 g/mol. The van der Waals surface area contributed by atoms with E-state index in [1.807, 2.05) is 45.0 Å². The molecule has 6 amide bonds. The lowest BCUT2D eigenvalue weighted by Crippen LogP contribution is -2.65. The number of piperidine rings is 1. The van der Waals surface area contributed by atoms with E-state index in [9.17, 15) is 38.7 Å². The van der Waals surface area contributed by atoms with Gasteiger partial charge in [-0.3, -0.25) is 33.6 Å². The van der Waals surface area contributed by atoms with E-state index in [1.165, 1.54) is 53.9 Å². The van der Waals surface area contributed by atoms with E-state index in [0.717, 1.165) is 11.1 Å². The van der Waals surface area contributed by atoms with E-state index in [-0.39, 0.29) is 56.0 Å². The first-order valence-corrected chi connectivity index (χ1v) is 22.1. The van der Waals surface area contributed by atoms with Gasteiger partial charge in [-0.05, 0) is 69.2 Å². The van der Waals surface area contributed by atoms with Crippen LogP contribution in [0.25, 0.3) is 0 Å². The van der Waals surface area contributed by atoms with Crippen molar-refractivity contribution >= 4 is 47.2 Å². The topological polar surface area (TPSA) is 225 Å². The van der Waals surface area contributed by atoms with Crippen molar-refractivity contribution in [3.8, 4) is 5.75 Å². The summed E-state index contributed by atoms with van der Waals surface area (Å²) >= 11 is 0. The highest BCUT2D eigenvalue weighted by Gasteiger charge is 2.49. The van der Waals surface area contributed by atoms with Crippen LogP contribution >= 0.6 is 0 Å². The quantitative estimate of drug-likeness (QED) is 0.253. The molecule has 17 heteroatoms. The zero-order chi connectivity index (χ0) is 47.3. The predicted molar refractivity (Wildman–Crippen MR) is 237 cm³/mol. The molecule has 4 heterocycles. The highest BCUT2D eigenvalue weighted by atomic mass is 16.5. The summed E-state index contributed by atoms with van der Waals surface area (Å²) in [6.07, 6.45) is 0.160. The van der Waals surface area contributed by atoms with Crippen molar-refractivity contribution in [3.05, 3.63) is 95.3 Å². The molecule has 65 heavy (non-hydrogen) atoms. The van der Waals surface area contributed by atoms with Crippen LogP contribution in [0.4, 0.5) is 0 Å². The number of aryl methyl sites for hydroxylation is 1. The van der Waals surface area contributed by atoms with Crippen LogP contribution in [-0.2, 0) is 44.7 Å². The summed E-state index contributed by atoms with van der Waals surface area (Å²) in [5.74, 6) is -7.15. The molecule has 4 N–H and O–H groups in total. The Balaban J connectivity index is 1.49. The van der Waals surface area contributed by atoms with Gasteiger partial charge in [-0.1, -0.05) is 80.9 Å². The molecule has 346 valence electrons. The van der Waals surface area contributed by atoms with E-state index < -0.39 is 101 Å². The Morgan fingerprint density at radius 2 is 1.63 bits per heavy atom. The van der Waals surface area contributed by atoms with E-state index in [4.69, 9.17) is 4.74 Å². The fourth-order valence-corrected chi connectivity index (χ4v) is 8.76. The third-order valence-corrected chi connectivity index (χ3v) is 13.0. The predicted octanol–water partition coefficient (Wildman–Crippen LogP) is 2.78. The first-order valence-electron chi connectivity index (χ1n) is 22.1. The van der Waals surface area contributed by atoms with E-state index in [0.29, 0.717) is 6.42 Å². The van der Waals surface area contributed by atoms with Gasteiger partial charge in [-0.25, -0.2) is 9.78 Å². The first-order chi connectivity index (χ1) is 30.8. The van der Waals surface area contributed by atoms with Crippen molar-refractivity contribution in [1.82, 2.24) is 35.6 Å². The standard InChI is InChI=1S/C48H59N7O10/c1-8-48(6)47(64)54-23-13-16-33(54)44(61)53(7)35(24-30-20-18-28(4)19-21-30)45(62)55-26-32(27(2)3)37(57)25-34(55)41(58)51-39(31-14-10-9-11-15-31)46(63)65-29(5)38(43(60)52-48)50-42(59)40-36(56)17-12-22-49-40/h9-12,14-15,17-22,27,29,32-35,38-39,56H,8,13,16,23-26H2,1-7H3,(H,50,59)(H,51,58)(H,52,60)/t29-,32+,33+,34+,35+,38+,39+,48+/m1/s1. The van der Waals surface area contributed by atoms with Gasteiger partial charge in [0, 0.05) is 45.1 Å². The van der Waals surface area contributed by atoms with Crippen molar-refractivity contribution in [3.63, 3.8) is 0 Å². The molecule has 0 unspecified atom stereocenters. The number of ether oxygens (including phenoxy) is 1. The normalized spacial score (nSPS) is 27.5. The Morgan fingerprint density at radius 1 is 0.938 bits per heavy atom. The van der Waals surface area contributed by atoms with Gasteiger partial charge < -0.3 is 40.5 Å². The summed E-state index contributed by atoms with van der Waals surface area (Å²) in [7, 11) is 1.49. The number of aromatic nitrogens is 1. The molecule has 6 rings (SSSR count). The molecule has 0 aliphatic carbocycles. The summed E-state index contributed by atoms with van der Waals surface area (Å²) < 4.78 is 5.92. The lowest BCUT2D eigenvalue weighted by Gasteiger charge is -2.43. The fraction of sp³-hybridized carbons (Fsp3) is 0.479. The van der Waals surface area contributed by atoms with Crippen LogP contribution in [0.1, 0.15) is 93.5 Å². The molecule has 17 nitrogen and oxygen atoms in total. The number of amides is 6. The number of nitrogens with zero attached hydrogens (tertiary/aromatic N) is 4. The number of fused-ring (bicyclic) bond motifs is 2. The third kappa shape index (κ3) is 10.3. The number of carbonyl (C=O) groups excluding carboxylic acids is 8. The van der Waals surface area contributed by atoms with Crippen molar-refractivity contribution in [1.29, 1.82) is 0 Å². The highest BCUT2D eigenvalue weighted by molar-refractivity contribution is 6.02. The van der Waals surface area contributed by atoms with Crippen LogP contribution in [0.15, 0.2) is 72.9 Å². The second kappa shape index (κ2) is 20.0. The number of carbonyl (C=O) groups is 8. The molecule has 0 saturated carbocycles. The number of ketones is 1. The second-order valence-electron chi connectivity index (χ2n) is 17.8. The number of esters is 1. The summed E-state index contributed by atoms with van der Waals surface area (Å²) in [5.41, 5.74) is -0.132. The summed E-state index contributed by atoms with van der Waals surface area (Å²) in [4.78, 5) is 124. The Kier molecular flexibility index (Phi) is 14.7. The van der Waals surface area contributed by atoms with Gasteiger partial charge in [-0.2, -0.15) is 0 Å². The first kappa shape index (κ1) is 47.8. The number of hydrogen-bond acceptors (Lipinski definition) is 11. The zero-order valence-corrected chi connectivity index (χ0v) is 37.9. The van der Waals surface area contributed by atoms with Gasteiger partial charge in [0.05, 0.1) is 0 Å². The number of likely N-dealkylation sites (N-methyl/N-ethyl adjacent to an activating group) is 1. The van der Waals surface area contributed by atoms with Crippen LogP contribution in [0.2, 0.25) is 0 Å². The van der Waals surface area contributed by atoms with Crippen molar-refractivity contribution in [2.75, 3.05) is 20.1 Å². The SMILES string of the molecule is CC[C@]1(C)NC(=O)[C@@H](NC(=O)c2ncccc2O)[C@@H](C)OC(=O)[C@H](c2ccccc2)NC(=O)[C@@H]2CC(=O)[C@H](C(C)C)CN2C(=O)[C@H](Cc2ccc(C)cc2)N(C)C(=O)[C@@H]2CCCN2C1=O. The van der Waals surface area contributed by atoms with E-state index in [1.54, 1.807) is 37.3 Å². The van der Waals surface area contributed by atoms with Crippen LogP contribution in [0.5, 0.6) is 5.75 Å². The lowest BCUT2D eigenvalue weighted by molar-refractivity contribution is -0.158. The van der Waals surface area contributed by atoms with E-state index >= 15 is 4.79 Å². The molecule has 0 radical (unpaired) electrons. The Bertz CT molecular complexity index is 2310. The average Bonchev–Trinajstić information content (AvgIpc) is 3.78. The number of Topliss-reactive ketones (excluding diaryl/α,β-unsaturated/α-hetero) is 1. The van der Waals surface area contributed by atoms with Crippen molar-refractivity contribution in [2.24, 2.45) is 11.8 Å². The number of cyclic esters (lactones) is 1. The average molecular weight is 894 g/mol. The fourth-order valence-electron chi connectivity index (χ4n) is 8.76. The maximum atomic E-state index is 15.3. The number of aromatic hydroxyl groups is 1. The number of nitrogens with one attached hydrogen (secondary N) is 3. The van der Waals surface area contributed by atoms with Gasteiger partial charge in [0.2, 0.25) is 29.5 Å². The number of hydrogen-bond donors (Lipinski definition) is 4. The van der Waals surface area contributed by atoms with Crippen molar-refractivity contribution < 1.29 is 48.2 Å². The Morgan fingerprint density at radius 3 is 2.28 bits per heavy atom. The van der Waals surface area contributed by atoms with Crippen LogP contribution in [0.3, 0.4) is 0 Å². The van der Waals surface area contributed by atoms with E-state index in [2.05, 4.69) is 20.9 Å². The van der Waals surface area contributed by atoms with Crippen molar-refractivity contribution in [2.45, 2.75) is 115 Å². The Hall–Kier alpha value is -6.65. The minimum Gasteiger partial charge on any atom is -0.505 e. The molecular weight excluding hydrogens is 835 g/mol. The molecule has 8 atom stereocenters. The maximum absolute atomic E-state index is 15.3. The molecule has 3 aliphatic heterocycles. The number of benzene rings is 2. The largest absolute Gasteiger partial charge is 0.505 e. The third-order valence-electron chi connectivity index (χ3n) is 13.0. The van der Waals surface area contributed by atoms with Gasteiger partial charge in [0.15, 0.2) is 11.7 Å². The zero-order valence-electron chi connectivity index (χ0n) is 37.9. The molecular formula is C48H59N7O10. The molecule has 0 spiro atoms. The van der Waals surface area contributed by atoms with Gasteiger partial charge in [0.1, 0.15) is 47.3 Å². The summed E-state index contributed by atoms with van der Waals surface area (Å²) in [6, 6.07) is 11.3. The summed E-state index contributed by atoms with van der Waals surface area (Å²) in [6.45, 7) is 10.1. The minimum atomic E-state index is -1.71. The Labute approximate surface area is 378 Å². The maximum Gasteiger partial charge on any atom is 0.333 e. The molecule has 1 aromatic heterocycles. The minimum absolute atomic E-state index is 0.0312. The lowest BCUT2D eigenvalue weighted by atomic mass is 9.82. The van der Waals surface area contributed by atoms with Gasteiger partial charge >= 0.3 is 5.97 Å². The van der Waals surface area contributed by atoms with Gasteiger partial charge in [0.25, 0.3) is 5.91 Å². The van der Waals surface area contributed by atoms with Gasteiger partial charge in [-0.15, -0.1) is 0 Å². The highest BCUT2D eigenvalue weighted by Crippen LogP contribution is 2.31. The molecule has 3 aliphatic rings. The molecule has 2 aromatic carbocycles.